The molecule has 1 aliphatic rings. The number of hydrogen-bond donors (Lipinski definition) is 1. The van der Waals surface area contributed by atoms with Gasteiger partial charge in [-0.1, -0.05) is 51.1 Å². The second kappa shape index (κ2) is 5.85. The van der Waals surface area contributed by atoms with Gasteiger partial charge in [0.2, 0.25) is 0 Å². The van der Waals surface area contributed by atoms with E-state index in [9.17, 15) is 0 Å². The molecule has 2 atom stereocenters. The summed E-state index contributed by atoms with van der Waals surface area (Å²) < 4.78 is 5.82. The molecule has 0 bridgehead atoms. The van der Waals surface area contributed by atoms with E-state index in [-0.39, 0.29) is 0 Å². The molecule has 18 heavy (non-hydrogen) atoms. The average Bonchev–Trinajstić information content (AvgIpc) is 3.00. The second-order valence-electron chi connectivity index (χ2n) is 6.09. The van der Waals surface area contributed by atoms with Crippen LogP contribution in [0.4, 0.5) is 0 Å². The van der Waals surface area contributed by atoms with Crippen molar-refractivity contribution in [2.75, 3.05) is 13.2 Å². The predicted octanol–water partition coefficient (Wildman–Crippen LogP) is 3.23. The summed E-state index contributed by atoms with van der Waals surface area (Å²) in [4.78, 5) is 0. The number of ether oxygens (including phenoxy) is 1. The first-order valence-electron chi connectivity index (χ1n) is 6.95. The van der Waals surface area contributed by atoms with Crippen LogP contribution in [0.5, 0.6) is 0 Å². The summed E-state index contributed by atoms with van der Waals surface area (Å²) in [7, 11) is 0. The largest absolute Gasteiger partial charge is 0.376 e. The molecule has 2 nitrogen and oxygen atoms in total. The number of nitrogens with one attached hydrogen (secondary N) is 1. The van der Waals surface area contributed by atoms with Gasteiger partial charge < -0.3 is 10.1 Å². The van der Waals surface area contributed by atoms with Crippen LogP contribution in [0, 0.1) is 11.3 Å². The van der Waals surface area contributed by atoms with E-state index in [1.807, 2.05) is 6.07 Å². The molecule has 0 aromatic heterocycles. The molecule has 0 radical (unpaired) electrons. The van der Waals surface area contributed by atoms with Crippen molar-refractivity contribution >= 4 is 0 Å². The molecule has 1 aromatic rings. The van der Waals surface area contributed by atoms with Gasteiger partial charge in [-0.25, -0.2) is 0 Å². The van der Waals surface area contributed by atoms with Gasteiger partial charge in [0.1, 0.15) is 0 Å². The molecule has 0 unspecified atom stereocenters. The Kier molecular flexibility index (Phi) is 4.41. The van der Waals surface area contributed by atoms with Crippen molar-refractivity contribution in [2.45, 2.75) is 39.8 Å². The fraction of sp³-hybridized carbons (Fsp3) is 0.625. The molecule has 100 valence electrons. The third-order valence-corrected chi connectivity index (χ3v) is 3.88. The van der Waals surface area contributed by atoms with E-state index in [0.29, 0.717) is 11.5 Å². The molecule has 2 heteroatoms. The maximum absolute atomic E-state index is 5.82. The van der Waals surface area contributed by atoms with E-state index in [1.165, 1.54) is 12.0 Å². The molecule has 0 amide bonds. The van der Waals surface area contributed by atoms with Crippen LogP contribution in [-0.4, -0.2) is 19.2 Å². The summed E-state index contributed by atoms with van der Waals surface area (Å²) in [5.41, 5.74) is 1.72. The first-order chi connectivity index (χ1) is 8.60. The minimum absolute atomic E-state index is 0.459. The van der Waals surface area contributed by atoms with Crippen LogP contribution in [0.15, 0.2) is 30.3 Å². The first-order valence-corrected chi connectivity index (χ1v) is 6.95. The Morgan fingerprint density at radius 3 is 2.72 bits per heavy atom. The predicted molar refractivity (Wildman–Crippen MR) is 75.5 cm³/mol. The molecule has 1 aromatic carbocycles. The summed E-state index contributed by atoms with van der Waals surface area (Å²) >= 11 is 0. The molecule has 0 heterocycles. The fourth-order valence-corrected chi connectivity index (χ4v) is 2.31. The van der Waals surface area contributed by atoms with E-state index >= 15 is 0 Å². The lowest BCUT2D eigenvalue weighted by molar-refractivity contribution is 0.102. The van der Waals surface area contributed by atoms with E-state index < -0.39 is 0 Å². The Morgan fingerprint density at radius 2 is 2.06 bits per heavy atom. The van der Waals surface area contributed by atoms with Crippen molar-refractivity contribution < 1.29 is 4.74 Å². The van der Waals surface area contributed by atoms with Crippen LogP contribution in [0.3, 0.4) is 0 Å². The Bertz CT molecular complexity index is 363. The summed E-state index contributed by atoms with van der Waals surface area (Å²) in [6, 6.07) is 11.0. The van der Waals surface area contributed by atoms with Crippen LogP contribution in [0.2, 0.25) is 0 Å². The lowest BCUT2D eigenvalue weighted by atomic mass is 10.1. The molecule has 0 spiro atoms. The number of benzene rings is 1. The molecule has 1 N–H and O–H groups in total. The first kappa shape index (κ1) is 13.6. The van der Waals surface area contributed by atoms with Crippen molar-refractivity contribution in [1.82, 2.24) is 5.32 Å². The Balaban J connectivity index is 1.64. The van der Waals surface area contributed by atoms with Crippen molar-refractivity contribution in [3.8, 4) is 0 Å². The Hall–Kier alpha value is -0.860. The standard InChI is InChI=1S/C16H25NO/c1-13(2)17-12-16(3)9-15(16)11-18-10-14-7-5-4-6-8-14/h4-8,13,15,17H,9-12H2,1-3H3/t15-,16-/m1/s1. The van der Waals surface area contributed by atoms with Crippen LogP contribution in [0.1, 0.15) is 32.8 Å². The van der Waals surface area contributed by atoms with E-state index in [0.717, 1.165) is 25.7 Å². The summed E-state index contributed by atoms with van der Waals surface area (Å²) in [5.74, 6) is 0.729. The highest BCUT2D eigenvalue weighted by molar-refractivity contribution is 5.13. The third kappa shape index (κ3) is 3.82. The zero-order valence-electron chi connectivity index (χ0n) is 11.8. The molecule has 1 fully saturated rings. The fourth-order valence-electron chi connectivity index (χ4n) is 2.31. The lowest BCUT2D eigenvalue weighted by Gasteiger charge is -2.15. The minimum Gasteiger partial charge on any atom is -0.376 e. The lowest BCUT2D eigenvalue weighted by Crippen LogP contribution is -2.29. The summed E-state index contributed by atoms with van der Waals surface area (Å²) in [5, 5.41) is 3.53. The maximum atomic E-state index is 5.82. The summed E-state index contributed by atoms with van der Waals surface area (Å²) in [6.07, 6.45) is 1.29. The van der Waals surface area contributed by atoms with Crippen molar-refractivity contribution in [1.29, 1.82) is 0 Å². The summed E-state index contributed by atoms with van der Waals surface area (Å²) in [6.45, 7) is 9.51. The molecule has 1 aliphatic carbocycles. The average molecular weight is 247 g/mol. The zero-order chi connectivity index (χ0) is 13.0. The van der Waals surface area contributed by atoms with Gasteiger partial charge >= 0.3 is 0 Å². The number of rotatable bonds is 7. The Morgan fingerprint density at radius 1 is 1.33 bits per heavy atom. The van der Waals surface area contributed by atoms with Gasteiger partial charge in [0.05, 0.1) is 13.2 Å². The van der Waals surface area contributed by atoms with Crippen molar-refractivity contribution in [3.05, 3.63) is 35.9 Å². The van der Waals surface area contributed by atoms with Crippen LogP contribution < -0.4 is 5.32 Å². The van der Waals surface area contributed by atoms with E-state index in [1.54, 1.807) is 0 Å². The molecule has 0 aliphatic heterocycles. The quantitative estimate of drug-likeness (QED) is 0.798. The molecule has 0 saturated heterocycles. The number of hydrogen-bond acceptors (Lipinski definition) is 2. The van der Waals surface area contributed by atoms with Crippen molar-refractivity contribution in [2.24, 2.45) is 11.3 Å². The van der Waals surface area contributed by atoms with Gasteiger partial charge in [0.15, 0.2) is 0 Å². The highest BCUT2D eigenvalue weighted by Crippen LogP contribution is 2.51. The topological polar surface area (TPSA) is 21.3 Å². The van der Waals surface area contributed by atoms with E-state index in [4.69, 9.17) is 4.74 Å². The van der Waals surface area contributed by atoms with E-state index in [2.05, 4.69) is 50.4 Å². The zero-order valence-corrected chi connectivity index (χ0v) is 11.8. The second-order valence-corrected chi connectivity index (χ2v) is 6.09. The Labute approximate surface area is 111 Å². The van der Waals surface area contributed by atoms with Gasteiger partial charge in [-0.3, -0.25) is 0 Å². The minimum atomic E-state index is 0.459. The van der Waals surface area contributed by atoms with Gasteiger partial charge in [-0.15, -0.1) is 0 Å². The highest BCUT2D eigenvalue weighted by atomic mass is 16.5. The molecular formula is C16H25NO. The normalized spacial score (nSPS) is 26.6. The van der Waals surface area contributed by atoms with Crippen LogP contribution in [0.25, 0.3) is 0 Å². The van der Waals surface area contributed by atoms with Gasteiger partial charge in [-0.05, 0) is 23.3 Å². The third-order valence-electron chi connectivity index (χ3n) is 3.88. The molecular weight excluding hydrogens is 222 g/mol. The van der Waals surface area contributed by atoms with Gasteiger partial charge in [0.25, 0.3) is 0 Å². The monoisotopic (exact) mass is 247 g/mol. The van der Waals surface area contributed by atoms with Gasteiger partial charge in [-0.2, -0.15) is 0 Å². The molecule has 1 saturated carbocycles. The van der Waals surface area contributed by atoms with Crippen LogP contribution in [-0.2, 0) is 11.3 Å². The smallest absolute Gasteiger partial charge is 0.0717 e. The van der Waals surface area contributed by atoms with Crippen molar-refractivity contribution in [3.63, 3.8) is 0 Å². The highest BCUT2D eigenvalue weighted by Gasteiger charge is 2.49. The maximum Gasteiger partial charge on any atom is 0.0717 e. The SMILES string of the molecule is CC(C)NC[C@@]1(C)C[C@@H]1COCc1ccccc1. The van der Waals surface area contributed by atoms with Gasteiger partial charge in [0, 0.05) is 12.6 Å². The molecule has 2 rings (SSSR count). The van der Waals surface area contributed by atoms with Crippen LogP contribution >= 0.6 is 0 Å².